The first kappa shape index (κ1) is 10.4. The molecule has 0 radical (unpaired) electrons. The molecule has 3 nitrogen and oxygen atoms in total. The molecule has 0 fully saturated rings. The van der Waals surface area contributed by atoms with Crippen LogP contribution in [0.3, 0.4) is 0 Å². The second-order valence-corrected chi connectivity index (χ2v) is 3.25. The summed E-state index contributed by atoms with van der Waals surface area (Å²) in [6, 6.07) is 9.35. The molecule has 1 aliphatic heterocycles. The molecule has 0 bridgehead atoms. The van der Waals surface area contributed by atoms with E-state index < -0.39 is 5.97 Å². The molecule has 1 aromatic rings. The highest BCUT2D eigenvalue weighted by molar-refractivity contribution is 6.11. The molecular weight excluding hydrogens is 202 g/mol. The summed E-state index contributed by atoms with van der Waals surface area (Å²) in [6.45, 7) is 1.87. The Kier molecular flexibility index (Phi) is 2.96. The number of rotatable bonds is 2. The number of allylic oxidation sites excluding steroid dienone is 3. The fraction of sp³-hybridized carbons (Fsp3) is 0.0769. The second kappa shape index (κ2) is 4.57. The van der Waals surface area contributed by atoms with Gasteiger partial charge in [0.05, 0.1) is 0 Å². The molecule has 0 amide bonds. The summed E-state index contributed by atoms with van der Waals surface area (Å²) in [7, 11) is 0. The van der Waals surface area contributed by atoms with Crippen LogP contribution in [-0.4, -0.2) is 11.9 Å². The lowest BCUT2D eigenvalue weighted by atomic mass is 10.2. The molecule has 3 heteroatoms. The summed E-state index contributed by atoms with van der Waals surface area (Å²) < 4.78 is 5.07. The zero-order chi connectivity index (χ0) is 11.4. The lowest BCUT2D eigenvalue weighted by Gasteiger charge is -1.97. The third-order valence-corrected chi connectivity index (χ3v) is 2.09. The van der Waals surface area contributed by atoms with Crippen molar-refractivity contribution in [3.63, 3.8) is 0 Å². The topological polar surface area (TPSA) is 38.7 Å². The fourth-order valence-corrected chi connectivity index (χ4v) is 1.31. The lowest BCUT2D eigenvalue weighted by molar-refractivity contribution is -0.130. The summed E-state index contributed by atoms with van der Waals surface area (Å²) in [5, 5.41) is 0. The molecule has 2 rings (SSSR count). The zero-order valence-electron chi connectivity index (χ0n) is 8.88. The van der Waals surface area contributed by atoms with E-state index in [1.54, 1.807) is 12.2 Å². The lowest BCUT2D eigenvalue weighted by Crippen LogP contribution is -2.04. The molecular formula is C13H11NO2. The van der Waals surface area contributed by atoms with Gasteiger partial charge in [-0.05, 0) is 25.1 Å². The first-order valence-electron chi connectivity index (χ1n) is 5.00. The predicted octanol–water partition coefficient (Wildman–Crippen LogP) is 2.45. The summed E-state index contributed by atoms with van der Waals surface area (Å²) >= 11 is 0. The molecule has 1 aromatic carbocycles. The Bertz CT molecular complexity index is 484. The van der Waals surface area contributed by atoms with Crippen LogP contribution in [0.15, 0.2) is 59.2 Å². The molecule has 80 valence electrons. The van der Waals surface area contributed by atoms with Crippen LogP contribution < -0.4 is 0 Å². The molecule has 16 heavy (non-hydrogen) atoms. The van der Waals surface area contributed by atoms with Gasteiger partial charge in [-0.1, -0.05) is 30.4 Å². The first-order chi connectivity index (χ1) is 7.81. The van der Waals surface area contributed by atoms with Crippen molar-refractivity contribution in [2.45, 2.75) is 6.92 Å². The summed E-state index contributed by atoms with van der Waals surface area (Å²) in [5.74, 6) is -0.0432. The average molecular weight is 213 g/mol. The Morgan fingerprint density at radius 1 is 1.25 bits per heavy atom. The number of hydrogen-bond donors (Lipinski definition) is 0. The largest absolute Gasteiger partial charge is 0.402 e. The number of ether oxygens (including phenoxy) is 1. The molecule has 0 saturated heterocycles. The van der Waals surface area contributed by atoms with Crippen LogP contribution in [-0.2, 0) is 9.53 Å². The molecule has 1 heterocycles. The van der Waals surface area contributed by atoms with Crippen LogP contribution in [0.25, 0.3) is 0 Å². The number of benzene rings is 1. The van der Waals surface area contributed by atoms with Crippen LogP contribution in [0.1, 0.15) is 12.5 Å². The molecule has 0 aliphatic carbocycles. The quantitative estimate of drug-likeness (QED) is 0.559. The van der Waals surface area contributed by atoms with Crippen molar-refractivity contribution < 1.29 is 9.53 Å². The maximum Gasteiger partial charge on any atom is 0.363 e. The highest BCUT2D eigenvalue weighted by Crippen LogP contribution is 2.15. The van der Waals surface area contributed by atoms with Crippen molar-refractivity contribution in [3.8, 4) is 0 Å². The minimum absolute atomic E-state index is 0.331. The third kappa shape index (κ3) is 2.08. The Labute approximate surface area is 93.8 Å². The molecule has 0 N–H and O–H groups in total. The Morgan fingerprint density at radius 2 is 2.00 bits per heavy atom. The summed E-state index contributed by atoms with van der Waals surface area (Å²) in [4.78, 5) is 15.6. The van der Waals surface area contributed by atoms with Gasteiger partial charge in [-0.2, -0.15) is 0 Å². The Balaban J connectivity index is 2.30. The maximum atomic E-state index is 11.4. The van der Waals surface area contributed by atoms with Crippen LogP contribution in [0.4, 0.5) is 0 Å². The van der Waals surface area contributed by atoms with Crippen molar-refractivity contribution in [2.24, 2.45) is 4.99 Å². The van der Waals surface area contributed by atoms with Crippen molar-refractivity contribution in [3.05, 3.63) is 59.8 Å². The van der Waals surface area contributed by atoms with Gasteiger partial charge in [0.25, 0.3) is 0 Å². The number of carbonyl (C=O) groups excluding carboxylic acids is 1. The fourth-order valence-electron chi connectivity index (χ4n) is 1.31. The van der Waals surface area contributed by atoms with E-state index in [0.717, 1.165) is 5.56 Å². The normalized spacial score (nSPS) is 17.9. The average Bonchev–Trinajstić information content (AvgIpc) is 2.69. The minimum Gasteiger partial charge on any atom is -0.402 e. The highest BCUT2D eigenvalue weighted by atomic mass is 16.6. The zero-order valence-corrected chi connectivity index (χ0v) is 8.88. The van der Waals surface area contributed by atoms with E-state index in [0.29, 0.717) is 11.6 Å². The monoisotopic (exact) mass is 213 g/mol. The van der Waals surface area contributed by atoms with Gasteiger partial charge < -0.3 is 4.74 Å². The SMILES string of the molecule is C/C=C/C=C1/N=C(c2ccccc2)OC1=O. The van der Waals surface area contributed by atoms with E-state index in [2.05, 4.69) is 4.99 Å². The number of hydrogen-bond acceptors (Lipinski definition) is 3. The molecule has 0 aromatic heterocycles. The number of nitrogens with zero attached hydrogens (tertiary/aromatic N) is 1. The Morgan fingerprint density at radius 3 is 2.69 bits per heavy atom. The van der Waals surface area contributed by atoms with Gasteiger partial charge in [-0.25, -0.2) is 9.79 Å². The number of carbonyl (C=O) groups is 1. The second-order valence-electron chi connectivity index (χ2n) is 3.25. The van der Waals surface area contributed by atoms with Crippen molar-refractivity contribution in [1.29, 1.82) is 0 Å². The first-order valence-corrected chi connectivity index (χ1v) is 5.00. The van der Waals surface area contributed by atoms with Crippen molar-refractivity contribution in [1.82, 2.24) is 0 Å². The standard InChI is InChI=1S/C13H11NO2/c1-2-3-9-11-13(15)16-12(14-11)10-7-5-4-6-8-10/h2-9H,1H3/b3-2+,11-9+. The molecule has 0 spiro atoms. The van der Waals surface area contributed by atoms with E-state index in [9.17, 15) is 4.79 Å². The van der Waals surface area contributed by atoms with E-state index in [-0.39, 0.29) is 0 Å². The highest BCUT2D eigenvalue weighted by Gasteiger charge is 2.22. The molecule has 0 atom stereocenters. The van der Waals surface area contributed by atoms with Gasteiger partial charge in [0.2, 0.25) is 5.90 Å². The Hall–Kier alpha value is -2.16. The molecule has 1 aliphatic rings. The third-order valence-electron chi connectivity index (χ3n) is 2.09. The van der Waals surface area contributed by atoms with Gasteiger partial charge in [0, 0.05) is 5.56 Å². The van der Waals surface area contributed by atoms with Gasteiger partial charge >= 0.3 is 5.97 Å². The van der Waals surface area contributed by atoms with E-state index in [4.69, 9.17) is 4.74 Å². The van der Waals surface area contributed by atoms with Crippen molar-refractivity contribution >= 4 is 11.9 Å². The molecule has 0 unspecified atom stereocenters. The van der Waals surface area contributed by atoms with Gasteiger partial charge in [0.15, 0.2) is 5.70 Å². The smallest absolute Gasteiger partial charge is 0.363 e. The number of cyclic esters (lactones) is 1. The van der Waals surface area contributed by atoms with E-state index >= 15 is 0 Å². The van der Waals surface area contributed by atoms with Gasteiger partial charge in [0.1, 0.15) is 0 Å². The minimum atomic E-state index is -0.406. The maximum absolute atomic E-state index is 11.4. The van der Waals surface area contributed by atoms with Crippen LogP contribution >= 0.6 is 0 Å². The van der Waals surface area contributed by atoms with E-state index in [1.807, 2.05) is 43.3 Å². The number of esters is 1. The summed E-state index contributed by atoms with van der Waals surface area (Å²) in [6.07, 6.45) is 5.22. The van der Waals surface area contributed by atoms with Crippen LogP contribution in [0.5, 0.6) is 0 Å². The summed E-state index contributed by atoms with van der Waals surface area (Å²) in [5.41, 5.74) is 1.14. The predicted molar refractivity (Wildman–Crippen MR) is 62.0 cm³/mol. The molecule has 0 saturated carbocycles. The van der Waals surface area contributed by atoms with E-state index in [1.165, 1.54) is 0 Å². The van der Waals surface area contributed by atoms with Crippen molar-refractivity contribution in [2.75, 3.05) is 0 Å². The van der Waals surface area contributed by atoms with Gasteiger partial charge in [-0.15, -0.1) is 0 Å². The van der Waals surface area contributed by atoms with Crippen LogP contribution in [0.2, 0.25) is 0 Å². The van der Waals surface area contributed by atoms with Gasteiger partial charge in [-0.3, -0.25) is 0 Å². The number of aliphatic imine (C=N–C) groups is 1. The van der Waals surface area contributed by atoms with Crippen LogP contribution in [0, 0.1) is 0 Å².